The largest absolute Gasteiger partial charge is 0.340 e. The minimum absolute atomic E-state index is 0.00882. The van der Waals surface area contributed by atoms with E-state index in [1.807, 2.05) is 7.05 Å². The van der Waals surface area contributed by atoms with Crippen LogP contribution in [0.4, 0.5) is 0 Å². The lowest BCUT2D eigenvalue weighted by Gasteiger charge is -2.21. The van der Waals surface area contributed by atoms with Gasteiger partial charge in [-0.25, -0.2) is 0 Å². The maximum atomic E-state index is 12.1. The Hall–Kier alpha value is -0.650. The SMILES string of the molecule is CSc1ccc(CN(C)C(=O)C2CSCN2)cc1. The van der Waals surface area contributed by atoms with Gasteiger partial charge in [-0.15, -0.1) is 23.5 Å². The van der Waals surface area contributed by atoms with Gasteiger partial charge < -0.3 is 4.90 Å². The molecule has 1 atom stereocenters. The van der Waals surface area contributed by atoms with Crippen molar-refractivity contribution in [2.45, 2.75) is 17.5 Å². The van der Waals surface area contributed by atoms with E-state index in [4.69, 9.17) is 0 Å². The second-order valence-corrected chi connectivity index (χ2v) is 6.22. The summed E-state index contributed by atoms with van der Waals surface area (Å²) in [6, 6.07) is 8.37. The Labute approximate surface area is 117 Å². The summed E-state index contributed by atoms with van der Waals surface area (Å²) in [5.41, 5.74) is 1.18. The second-order valence-electron chi connectivity index (χ2n) is 4.31. The van der Waals surface area contributed by atoms with Crippen LogP contribution in [0.15, 0.2) is 29.2 Å². The van der Waals surface area contributed by atoms with Crippen molar-refractivity contribution in [3.63, 3.8) is 0 Å². The molecule has 1 aromatic carbocycles. The summed E-state index contributed by atoms with van der Waals surface area (Å²) >= 11 is 3.51. The van der Waals surface area contributed by atoms with Crippen LogP contribution in [-0.2, 0) is 11.3 Å². The van der Waals surface area contributed by atoms with Gasteiger partial charge in [-0.1, -0.05) is 12.1 Å². The number of nitrogens with one attached hydrogen (secondary N) is 1. The second kappa shape index (κ2) is 6.50. The fraction of sp³-hybridized carbons (Fsp3) is 0.462. The standard InChI is InChI=1S/C13H18N2OS2/c1-15(13(16)12-8-18-9-14-12)7-10-3-5-11(17-2)6-4-10/h3-6,12,14H,7-9H2,1-2H3. The molecule has 98 valence electrons. The molecule has 1 unspecified atom stereocenters. The van der Waals surface area contributed by atoms with Crippen LogP contribution in [0.1, 0.15) is 5.56 Å². The molecule has 1 aliphatic heterocycles. The molecule has 1 aromatic rings. The van der Waals surface area contributed by atoms with E-state index in [1.54, 1.807) is 28.4 Å². The maximum Gasteiger partial charge on any atom is 0.240 e. The first-order chi connectivity index (χ1) is 8.70. The molecule has 5 heteroatoms. The molecule has 0 aromatic heterocycles. The van der Waals surface area contributed by atoms with Gasteiger partial charge in [0.25, 0.3) is 0 Å². The smallest absolute Gasteiger partial charge is 0.240 e. The lowest BCUT2D eigenvalue weighted by Crippen LogP contribution is -2.42. The number of hydrogen-bond acceptors (Lipinski definition) is 4. The molecule has 1 aliphatic rings. The predicted molar refractivity (Wildman–Crippen MR) is 78.9 cm³/mol. The Bertz CT molecular complexity index is 402. The van der Waals surface area contributed by atoms with Crippen LogP contribution in [0.25, 0.3) is 0 Å². The summed E-state index contributed by atoms with van der Waals surface area (Å²) < 4.78 is 0. The van der Waals surface area contributed by atoms with E-state index in [9.17, 15) is 4.79 Å². The van der Waals surface area contributed by atoms with Gasteiger partial charge in [0.1, 0.15) is 0 Å². The van der Waals surface area contributed by atoms with Crippen LogP contribution in [0.3, 0.4) is 0 Å². The summed E-state index contributed by atoms with van der Waals surface area (Å²) in [5.74, 6) is 1.95. The van der Waals surface area contributed by atoms with Gasteiger partial charge in [-0.2, -0.15) is 0 Å². The molecule has 0 spiro atoms. The number of hydrogen-bond donors (Lipinski definition) is 1. The molecule has 0 aliphatic carbocycles. The van der Waals surface area contributed by atoms with Crippen molar-refractivity contribution in [2.24, 2.45) is 0 Å². The molecule has 1 saturated heterocycles. The summed E-state index contributed by atoms with van der Waals surface area (Å²) in [5, 5.41) is 3.21. The molecule has 1 N–H and O–H groups in total. The lowest BCUT2D eigenvalue weighted by molar-refractivity contribution is -0.131. The Morgan fingerprint density at radius 2 is 2.22 bits per heavy atom. The van der Waals surface area contributed by atoms with Crippen molar-refractivity contribution in [1.29, 1.82) is 0 Å². The van der Waals surface area contributed by atoms with E-state index < -0.39 is 0 Å². The van der Waals surface area contributed by atoms with Crippen LogP contribution in [0, 0.1) is 0 Å². The normalized spacial score (nSPS) is 18.9. The molecule has 0 bridgehead atoms. The van der Waals surface area contributed by atoms with Crippen molar-refractivity contribution >= 4 is 29.4 Å². The minimum atomic E-state index is -0.00882. The molecule has 3 nitrogen and oxygen atoms in total. The first-order valence-corrected chi connectivity index (χ1v) is 8.27. The maximum absolute atomic E-state index is 12.1. The average molecular weight is 282 g/mol. The Balaban J connectivity index is 1.92. The highest BCUT2D eigenvalue weighted by Crippen LogP contribution is 2.16. The van der Waals surface area contributed by atoms with Crippen molar-refractivity contribution in [3.05, 3.63) is 29.8 Å². The number of likely N-dealkylation sites (N-methyl/N-ethyl adjacent to an activating group) is 1. The van der Waals surface area contributed by atoms with E-state index in [2.05, 4.69) is 35.8 Å². The topological polar surface area (TPSA) is 32.3 Å². The van der Waals surface area contributed by atoms with Gasteiger partial charge in [0.05, 0.1) is 6.04 Å². The molecule has 1 heterocycles. The van der Waals surface area contributed by atoms with Gasteiger partial charge in [-0.3, -0.25) is 10.1 Å². The molecule has 2 rings (SSSR count). The van der Waals surface area contributed by atoms with Gasteiger partial charge >= 0.3 is 0 Å². The Morgan fingerprint density at radius 1 is 1.50 bits per heavy atom. The van der Waals surface area contributed by atoms with E-state index in [1.165, 1.54) is 10.5 Å². The zero-order chi connectivity index (χ0) is 13.0. The highest BCUT2D eigenvalue weighted by Gasteiger charge is 2.25. The van der Waals surface area contributed by atoms with Crippen molar-refractivity contribution in [1.82, 2.24) is 10.2 Å². The van der Waals surface area contributed by atoms with Crippen molar-refractivity contribution < 1.29 is 4.79 Å². The third-order valence-corrected chi connectivity index (χ3v) is 4.65. The zero-order valence-corrected chi connectivity index (χ0v) is 12.3. The molecule has 18 heavy (non-hydrogen) atoms. The van der Waals surface area contributed by atoms with Crippen LogP contribution in [-0.4, -0.2) is 41.8 Å². The van der Waals surface area contributed by atoms with Crippen molar-refractivity contribution in [2.75, 3.05) is 24.9 Å². The molecule has 1 fully saturated rings. The predicted octanol–water partition coefficient (Wildman–Crippen LogP) is 2.03. The highest BCUT2D eigenvalue weighted by molar-refractivity contribution is 7.99. The first-order valence-electron chi connectivity index (χ1n) is 5.89. The Kier molecular flexibility index (Phi) is 4.97. The van der Waals surface area contributed by atoms with Crippen LogP contribution >= 0.6 is 23.5 Å². The number of rotatable bonds is 4. The van der Waals surface area contributed by atoms with Gasteiger partial charge in [0.2, 0.25) is 5.91 Å². The lowest BCUT2D eigenvalue weighted by atomic mass is 10.2. The van der Waals surface area contributed by atoms with Crippen molar-refractivity contribution in [3.8, 4) is 0 Å². The van der Waals surface area contributed by atoms with E-state index >= 15 is 0 Å². The minimum Gasteiger partial charge on any atom is -0.340 e. The molecular formula is C13H18N2OS2. The van der Waals surface area contributed by atoms with Gasteiger partial charge in [-0.05, 0) is 24.0 Å². The van der Waals surface area contributed by atoms with E-state index in [0.29, 0.717) is 6.54 Å². The number of benzene rings is 1. The van der Waals surface area contributed by atoms with Crippen LogP contribution in [0.5, 0.6) is 0 Å². The number of carbonyl (C=O) groups excluding carboxylic acids is 1. The van der Waals surface area contributed by atoms with E-state index in [0.717, 1.165) is 11.6 Å². The number of nitrogens with zero attached hydrogens (tertiary/aromatic N) is 1. The number of carbonyl (C=O) groups is 1. The third-order valence-electron chi connectivity index (χ3n) is 2.97. The highest BCUT2D eigenvalue weighted by atomic mass is 32.2. The monoisotopic (exact) mass is 282 g/mol. The fourth-order valence-electron chi connectivity index (χ4n) is 1.90. The molecule has 1 amide bonds. The van der Waals surface area contributed by atoms with Crippen LogP contribution in [0.2, 0.25) is 0 Å². The molecule has 0 radical (unpaired) electrons. The summed E-state index contributed by atoms with van der Waals surface area (Å²) in [4.78, 5) is 15.2. The van der Waals surface area contributed by atoms with Gasteiger partial charge in [0, 0.05) is 30.1 Å². The average Bonchev–Trinajstić information content (AvgIpc) is 2.92. The van der Waals surface area contributed by atoms with E-state index in [-0.39, 0.29) is 11.9 Å². The summed E-state index contributed by atoms with van der Waals surface area (Å²) in [6.07, 6.45) is 2.06. The zero-order valence-electron chi connectivity index (χ0n) is 10.7. The first kappa shape index (κ1) is 13.8. The summed E-state index contributed by atoms with van der Waals surface area (Å²) in [7, 11) is 1.87. The molecule has 0 saturated carbocycles. The summed E-state index contributed by atoms with van der Waals surface area (Å²) in [6.45, 7) is 0.677. The number of amides is 1. The fourth-order valence-corrected chi connectivity index (χ4v) is 3.24. The molecular weight excluding hydrogens is 264 g/mol. The van der Waals surface area contributed by atoms with Gasteiger partial charge in [0.15, 0.2) is 0 Å². The number of thioether (sulfide) groups is 2. The quantitative estimate of drug-likeness (QED) is 0.857. The Morgan fingerprint density at radius 3 is 2.78 bits per heavy atom. The van der Waals surface area contributed by atoms with Crippen LogP contribution < -0.4 is 5.32 Å². The third kappa shape index (κ3) is 3.43.